The number of unbranched alkanes of at least 4 members (excludes halogenated alkanes) is 7. The van der Waals surface area contributed by atoms with Crippen molar-refractivity contribution in [3.63, 3.8) is 0 Å². The number of hydrogen-bond acceptors (Lipinski definition) is 5. The maximum absolute atomic E-state index is 10.6. The molecule has 0 fully saturated rings. The second-order valence-corrected chi connectivity index (χ2v) is 4.88. The summed E-state index contributed by atoms with van der Waals surface area (Å²) in [6.07, 6.45) is 8.77. The predicted molar refractivity (Wildman–Crippen MR) is 69.0 cm³/mol. The van der Waals surface area contributed by atoms with Gasteiger partial charge in [0.15, 0.2) is 0 Å². The Hall–Kier alpha value is 0.900. The van der Waals surface area contributed by atoms with Gasteiger partial charge >= 0.3 is 59.1 Å². The van der Waals surface area contributed by atoms with E-state index in [0.29, 0.717) is 6.54 Å². The van der Waals surface area contributed by atoms with Crippen LogP contribution >= 0.6 is 0 Å². The number of nitrogens with one attached hydrogen (secondary N) is 1. The van der Waals surface area contributed by atoms with Gasteiger partial charge in [0.2, 0.25) is 0 Å². The van der Waals surface area contributed by atoms with E-state index < -0.39 is 24.4 Å². The first-order valence-corrected chi connectivity index (χ1v) is 7.22. The first kappa shape index (κ1) is 26.8. The molecule has 0 aliphatic rings. The van der Waals surface area contributed by atoms with Gasteiger partial charge in [-0.15, -0.1) is 0 Å². The Morgan fingerprint density at radius 2 is 1.38 bits per heavy atom. The number of aliphatic carboxylic acids is 2. The molecule has 0 aliphatic carbocycles. The van der Waals surface area contributed by atoms with Crippen molar-refractivity contribution in [2.45, 2.75) is 70.8 Å². The number of carboxylic acids is 2. The molecule has 0 bridgehead atoms. The molecule has 0 aromatic rings. The van der Waals surface area contributed by atoms with E-state index in [1.54, 1.807) is 0 Å². The molecule has 5 nitrogen and oxygen atoms in total. The van der Waals surface area contributed by atoms with Crippen LogP contribution in [-0.2, 0) is 9.59 Å². The number of carbonyl (C=O) groups excluding carboxylic acids is 2. The molecule has 0 radical (unpaired) electrons. The first-order chi connectivity index (χ1) is 9.07. The maximum atomic E-state index is 10.6. The fourth-order valence-electron chi connectivity index (χ4n) is 1.94. The van der Waals surface area contributed by atoms with Gasteiger partial charge in [-0.05, 0) is 13.0 Å². The molecule has 0 aliphatic heterocycles. The zero-order valence-corrected chi connectivity index (χ0v) is 17.8. The fraction of sp³-hybridized carbons (Fsp3) is 0.857. The van der Waals surface area contributed by atoms with Crippen LogP contribution in [0.3, 0.4) is 0 Å². The number of carboxylic acid groups (broad SMARTS) is 2. The van der Waals surface area contributed by atoms with Crippen molar-refractivity contribution in [3.8, 4) is 0 Å². The van der Waals surface area contributed by atoms with Crippen LogP contribution in [-0.4, -0.2) is 24.5 Å². The summed E-state index contributed by atoms with van der Waals surface area (Å²) in [6.45, 7) is 2.69. The Labute approximate surface area is 172 Å². The molecule has 0 aromatic heterocycles. The minimum absolute atomic E-state index is 0. The SMILES string of the molecule is CCCCCCCCCCNC(CC(=O)[O-])C(=O)[O-].[Na+].[Na+]. The van der Waals surface area contributed by atoms with Crippen LogP contribution in [0.5, 0.6) is 0 Å². The molecule has 0 heterocycles. The summed E-state index contributed by atoms with van der Waals surface area (Å²) in [4.78, 5) is 21.0. The smallest absolute Gasteiger partial charge is 0.550 e. The van der Waals surface area contributed by atoms with E-state index in [4.69, 9.17) is 0 Å². The zero-order chi connectivity index (χ0) is 14.5. The van der Waals surface area contributed by atoms with Crippen LogP contribution < -0.4 is 74.6 Å². The Kier molecular flexibility index (Phi) is 24.2. The van der Waals surface area contributed by atoms with Crippen LogP contribution in [0.15, 0.2) is 0 Å². The summed E-state index contributed by atoms with van der Waals surface area (Å²) in [5.41, 5.74) is 0. The average molecular weight is 317 g/mol. The fourth-order valence-corrected chi connectivity index (χ4v) is 1.94. The molecule has 0 amide bonds. The molecule has 0 rings (SSSR count). The van der Waals surface area contributed by atoms with Gasteiger partial charge in [-0.3, -0.25) is 0 Å². The largest absolute Gasteiger partial charge is 1.00 e. The predicted octanol–water partition coefficient (Wildman–Crippen LogP) is -6.02. The molecule has 0 saturated carbocycles. The average Bonchev–Trinajstić information content (AvgIpc) is 2.34. The molecule has 7 heteroatoms. The molecular formula is C14H25NNa2O4. The second-order valence-electron chi connectivity index (χ2n) is 4.88. The molecule has 0 aromatic carbocycles. The van der Waals surface area contributed by atoms with Gasteiger partial charge < -0.3 is 25.1 Å². The van der Waals surface area contributed by atoms with Crippen molar-refractivity contribution in [3.05, 3.63) is 0 Å². The summed E-state index contributed by atoms with van der Waals surface area (Å²) in [5, 5.41) is 23.6. The van der Waals surface area contributed by atoms with Crippen molar-refractivity contribution in [2.75, 3.05) is 6.54 Å². The van der Waals surface area contributed by atoms with Crippen LogP contribution in [0.2, 0.25) is 0 Å². The number of hydrogen-bond donors (Lipinski definition) is 1. The molecule has 0 spiro atoms. The van der Waals surface area contributed by atoms with Crippen LogP contribution in [0.4, 0.5) is 0 Å². The zero-order valence-electron chi connectivity index (χ0n) is 13.8. The van der Waals surface area contributed by atoms with Crippen LogP contribution in [0, 0.1) is 0 Å². The number of carbonyl (C=O) groups is 2. The monoisotopic (exact) mass is 317 g/mol. The Balaban J connectivity index is -0.00000162. The van der Waals surface area contributed by atoms with Crippen molar-refractivity contribution >= 4 is 11.9 Å². The van der Waals surface area contributed by atoms with Crippen molar-refractivity contribution in [2.24, 2.45) is 0 Å². The number of rotatable bonds is 13. The van der Waals surface area contributed by atoms with E-state index in [9.17, 15) is 19.8 Å². The van der Waals surface area contributed by atoms with Gasteiger partial charge in [-0.2, -0.15) is 0 Å². The van der Waals surface area contributed by atoms with E-state index in [1.807, 2.05) is 0 Å². The Bertz CT molecular complexity index is 265. The summed E-state index contributed by atoms with van der Waals surface area (Å²) >= 11 is 0. The van der Waals surface area contributed by atoms with Gasteiger partial charge in [0.05, 0.1) is 12.0 Å². The molecule has 1 atom stereocenters. The van der Waals surface area contributed by atoms with E-state index in [1.165, 1.54) is 32.1 Å². The van der Waals surface area contributed by atoms with Gasteiger partial charge in [-0.25, -0.2) is 0 Å². The van der Waals surface area contributed by atoms with Gasteiger partial charge in [0.25, 0.3) is 0 Å². The molecule has 1 N–H and O–H groups in total. The summed E-state index contributed by atoms with van der Waals surface area (Å²) < 4.78 is 0. The van der Waals surface area contributed by atoms with Crippen LogP contribution in [0.25, 0.3) is 0 Å². The third-order valence-electron chi connectivity index (χ3n) is 3.08. The molecule has 1 unspecified atom stereocenters. The summed E-state index contributed by atoms with van der Waals surface area (Å²) in [5.74, 6) is -2.76. The molecule has 112 valence electrons. The van der Waals surface area contributed by atoms with E-state index in [0.717, 1.165) is 19.3 Å². The van der Waals surface area contributed by atoms with Crippen molar-refractivity contribution in [1.82, 2.24) is 5.32 Å². The minimum atomic E-state index is -1.39. The van der Waals surface area contributed by atoms with Gasteiger partial charge in [0.1, 0.15) is 0 Å². The quantitative estimate of drug-likeness (QED) is 0.270. The Morgan fingerprint density at radius 1 is 0.905 bits per heavy atom. The standard InChI is InChI=1S/C14H27NO4.2Na/c1-2-3-4-5-6-7-8-9-10-15-12(14(18)19)11-13(16)17;;/h12,15H,2-11H2,1H3,(H,16,17)(H,18,19);;/q;2*+1/p-2. The molecule has 0 saturated heterocycles. The van der Waals surface area contributed by atoms with Crippen molar-refractivity contribution < 1.29 is 78.9 Å². The maximum Gasteiger partial charge on any atom is 1.00 e. The molecule has 21 heavy (non-hydrogen) atoms. The van der Waals surface area contributed by atoms with Crippen LogP contribution in [0.1, 0.15) is 64.7 Å². The first-order valence-electron chi connectivity index (χ1n) is 7.22. The van der Waals surface area contributed by atoms with E-state index in [-0.39, 0.29) is 59.1 Å². The summed E-state index contributed by atoms with van der Waals surface area (Å²) in [6, 6.07) is -1.14. The van der Waals surface area contributed by atoms with Gasteiger partial charge in [-0.1, -0.05) is 51.9 Å². The van der Waals surface area contributed by atoms with E-state index in [2.05, 4.69) is 12.2 Å². The van der Waals surface area contributed by atoms with Gasteiger partial charge in [0, 0.05) is 12.4 Å². The normalized spacial score (nSPS) is 11.1. The van der Waals surface area contributed by atoms with E-state index >= 15 is 0 Å². The minimum Gasteiger partial charge on any atom is -0.550 e. The summed E-state index contributed by atoms with van der Waals surface area (Å²) in [7, 11) is 0. The molecular weight excluding hydrogens is 292 g/mol. The third kappa shape index (κ3) is 18.9. The van der Waals surface area contributed by atoms with Crippen molar-refractivity contribution in [1.29, 1.82) is 0 Å². The Morgan fingerprint density at radius 3 is 1.81 bits per heavy atom. The second kappa shape index (κ2) is 18.9. The topological polar surface area (TPSA) is 92.3 Å². The third-order valence-corrected chi connectivity index (χ3v) is 3.08.